The van der Waals surface area contributed by atoms with Crippen LogP contribution in [0.4, 0.5) is 8.78 Å². The van der Waals surface area contributed by atoms with Crippen molar-refractivity contribution in [1.29, 1.82) is 0 Å². The Balaban J connectivity index is 1.47. The van der Waals surface area contributed by atoms with Gasteiger partial charge in [0.15, 0.2) is 0 Å². The molecule has 0 spiro atoms. The van der Waals surface area contributed by atoms with Gasteiger partial charge in [0.1, 0.15) is 11.6 Å². The van der Waals surface area contributed by atoms with E-state index < -0.39 is 11.6 Å². The molecule has 2 atom stereocenters. The van der Waals surface area contributed by atoms with Crippen molar-refractivity contribution >= 4 is 11.8 Å². The second kappa shape index (κ2) is 9.58. The van der Waals surface area contributed by atoms with Gasteiger partial charge >= 0.3 is 0 Å². The fourth-order valence-corrected chi connectivity index (χ4v) is 3.71. The van der Waals surface area contributed by atoms with E-state index in [0.717, 1.165) is 43.4 Å². The van der Waals surface area contributed by atoms with Gasteiger partial charge in [0.25, 0.3) is 5.91 Å². The summed E-state index contributed by atoms with van der Waals surface area (Å²) in [5.74, 6) is -1.57. The topological polar surface area (TPSA) is 71.1 Å². The van der Waals surface area contributed by atoms with E-state index in [1.807, 2.05) is 6.92 Å². The number of rotatable bonds is 6. The zero-order valence-corrected chi connectivity index (χ0v) is 16.4. The number of nitrogens with zero attached hydrogens (tertiary/aromatic N) is 1. The van der Waals surface area contributed by atoms with Crippen molar-refractivity contribution in [2.45, 2.75) is 45.1 Å². The number of hydrogen-bond acceptors (Lipinski definition) is 3. The molecule has 154 valence electrons. The number of hydrogen-bond donors (Lipinski definition) is 2. The van der Waals surface area contributed by atoms with Gasteiger partial charge in [-0.15, -0.1) is 0 Å². The van der Waals surface area contributed by atoms with Gasteiger partial charge in [-0.05, 0) is 55.4 Å². The Morgan fingerprint density at radius 2 is 2.00 bits per heavy atom. The lowest BCUT2D eigenvalue weighted by atomic mass is 9.85. The van der Waals surface area contributed by atoms with E-state index >= 15 is 0 Å². The van der Waals surface area contributed by atoms with E-state index in [-0.39, 0.29) is 35.8 Å². The molecule has 5 nitrogen and oxygen atoms in total. The van der Waals surface area contributed by atoms with Gasteiger partial charge in [-0.2, -0.15) is 0 Å². The molecule has 0 aliphatic heterocycles. The summed E-state index contributed by atoms with van der Waals surface area (Å²) in [5, 5.41) is 5.89. The van der Waals surface area contributed by atoms with E-state index in [0.29, 0.717) is 12.1 Å². The van der Waals surface area contributed by atoms with Crippen molar-refractivity contribution in [3.63, 3.8) is 0 Å². The van der Waals surface area contributed by atoms with Crippen LogP contribution in [0.25, 0.3) is 0 Å². The van der Waals surface area contributed by atoms with Crippen molar-refractivity contribution in [1.82, 2.24) is 15.6 Å². The summed E-state index contributed by atoms with van der Waals surface area (Å²) in [6, 6.07) is 5.06. The molecule has 3 rings (SSSR count). The maximum atomic E-state index is 13.7. The van der Waals surface area contributed by atoms with Gasteiger partial charge in [-0.25, -0.2) is 8.78 Å². The molecule has 1 fully saturated rings. The van der Waals surface area contributed by atoms with Gasteiger partial charge in [0.2, 0.25) is 5.91 Å². The Morgan fingerprint density at radius 1 is 1.17 bits per heavy atom. The summed E-state index contributed by atoms with van der Waals surface area (Å²) in [4.78, 5) is 28.6. The molecule has 0 unspecified atom stereocenters. The molecule has 1 heterocycles. The number of amides is 2. The van der Waals surface area contributed by atoms with Crippen LogP contribution in [0.3, 0.4) is 0 Å². The first kappa shape index (κ1) is 20.9. The number of benzene rings is 1. The van der Waals surface area contributed by atoms with Crippen LogP contribution >= 0.6 is 0 Å². The number of pyridine rings is 1. The number of aromatic nitrogens is 1. The number of halogens is 2. The van der Waals surface area contributed by atoms with Crippen molar-refractivity contribution in [2.75, 3.05) is 6.54 Å². The predicted octanol–water partition coefficient (Wildman–Crippen LogP) is 3.32. The van der Waals surface area contributed by atoms with Crippen LogP contribution in [0.1, 0.15) is 47.2 Å². The predicted molar refractivity (Wildman–Crippen MR) is 105 cm³/mol. The van der Waals surface area contributed by atoms with Crippen LogP contribution in [0.5, 0.6) is 0 Å². The third-order valence-electron chi connectivity index (χ3n) is 5.21. The molecule has 0 saturated heterocycles. The van der Waals surface area contributed by atoms with Crippen LogP contribution in [-0.4, -0.2) is 29.4 Å². The summed E-state index contributed by atoms with van der Waals surface area (Å²) in [7, 11) is 0. The Labute approximate surface area is 168 Å². The second-order valence-electron chi connectivity index (χ2n) is 7.67. The first-order valence-electron chi connectivity index (χ1n) is 9.84. The lowest BCUT2D eigenvalue weighted by Gasteiger charge is -2.30. The lowest BCUT2D eigenvalue weighted by molar-refractivity contribution is -0.120. The standard InChI is InChI=1S/C22H25F2N3O2/c1-14-7-17(13-25-11-14)22(29)27-19-4-2-3-15(8-19)12-26-21(28)9-16-5-6-18(23)10-20(16)24/h5-7,10-11,13,15,19H,2-4,8-9,12H2,1H3,(H,26,28)(H,27,29)/t15-,19+/m1/s1. The Morgan fingerprint density at radius 3 is 2.76 bits per heavy atom. The summed E-state index contributed by atoms with van der Waals surface area (Å²) in [5.41, 5.74) is 1.64. The zero-order chi connectivity index (χ0) is 20.8. The minimum Gasteiger partial charge on any atom is -0.356 e. The second-order valence-corrected chi connectivity index (χ2v) is 7.67. The van der Waals surface area contributed by atoms with E-state index in [2.05, 4.69) is 15.6 Å². The van der Waals surface area contributed by atoms with Crippen molar-refractivity contribution in [2.24, 2.45) is 5.92 Å². The molecule has 1 aliphatic rings. The molecule has 0 bridgehead atoms. The third-order valence-corrected chi connectivity index (χ3v) is 5.21. The summed E-state index contributed by atoms with van der Waals surface area (Å²) in [6.07, 6.45) is 6.73. The highest BCUT2D eigenvalue weighted by atomic mass is 19.1. The molecule has 1 aromatic heterocycles. The van der Waals surface area contributed by atoms with E-state index in [1.54, 1.807) is 18.5 Å². The zero-order valence-electron chi connectivity index (χ0n) is 16.4. The number of nitrogens with one attached hydrogen (secondary N) is 2. The molecule has 1 saturated carbocycles. The van der Waals surface area contributed by atoms with Crippen molar-refractivity contribution < 1.29 is 18.4 Å². The maximum absolute atomic E-state index is 13.7. The fourth-order valence-electron chi connectivity index (χ4n) is 3.71. The molecule has 7 heteroatoms. The Bertz CT molecular complexity index is 888. The normalized spacial score (nSPS) is 18.9. The number of carbonyl (C=O) groups excluding carboxylic acids is 2. The van der Waals surface area contributed by atoms with Gasteiger partial charge in [-0.3, -0.25) is 14.6 Å². The molecule has 1 aromatic carbocycles. The van der Waals surface area contributed by atoms with Gasteiger partial charge < -0.3 is 10.6 Å². The fraction of sp³-hybridized carbons (Fsp3) is 0.409. The third kappa shape index (κ3) is 6.07. The molecule has 0 radical (unpaired) electrons. The minimum absolute atomic E-state index is 0.0493. The molecular formula is C22H25F2N3O2. The maximum Gasteiger partial charge on any atom is 0.253 e. The van der Waals surface area contributed by atoms with Crippen LogP contribution in [0.15, 0.2) is 36.7 Å². The highest BCUT2D eigenvalue weighted by Crippen LogP contribution is 2.24. The van der Waals surface area contributed by atoms with Crippen LogP contribution in [0, 0.1) is 24.5 Å². The van der Waals surface area contributed by atoms with Crippen molar-refractivity contribution in [3.05, 3.63) is 65.0 Å². The first-order valence-corrected chi connectivity index (χ1v) is 9.84. The number of aryl methyl sites for hydroxylation is 1. The highest BCUT2D eigenvalue weighted by molar-refractivity contribution is 5.94. The average molecular weight is 401 g/mol. The van der Waals surface area contributed by atoms with Gasteiger partial charge in [0.05, 0.1) is 12.0 Å². The quantitative estimate of drug-likeness (QED) is 0.780. The minimum atomic E-state index is -0.716. The summed E-state index contributed by atoms with van der Waals surface area (Å²) >= 11 is 0. The largest absolute Gasteiger partial charge is 0.356 e. The highest BCUT2D eigenvalue weighted by Gasteiger charge is 2.24. The smallest absolute Gasteiger partial charge is 0.253 e. The Kier molecular flexibility index (Phi) is 6.90. The molecule has 2 N–H and O–H groups in total. The average Bonchev–Trinajstić information content (AvgIpc) is 2.69. The van der Waals surface area contributed by atoms with E-state index in [1.165, 1.54) is 6.07 Å². The lowest BCUT2D eigenvalue weighted by Crippen LogP contribution is -2.41. The SMILES string of the molecule is Cc1cncc(C(=O)N[C@H]2CCC[C@@H](CNC(=O)Cc3ccc(F)cc3F)C2)c1. The molecule has 29 heavy (non-hydrogen) atoms. The van der Waals surface area contributed by atoms with Crippen molar-refractivity contribution in [3.8, 4) is 0 Å². The van der Waals surface area contributed by atoms with E-state index in [4.69, 9.17) is 0 Å². The monoisotopic (exact) mass is 401 g/mol. The summed E-state index contributed by atoms with van der Waals surface area (Å²) < 4.78 is 26.6. The summed E-state index contributed by atoms with van der Waals surface area (Å²) in [6.45, 7) is 2.36. The van der Waals surface area contributed by atoms with Gasteiger partial charge in [-0.1, -0.05) is 12.5 Å². The molecule has 2 aromatic rings. The number of carbonyl (C=O) groups is 2. The van der Waals surface area contributed by atoms with E-state index in [9.17, 15) is 18.4 Å². The molecule has 2 amide bonds. The molecule has 1 aliphatic carbocycles. The molecular weight excluding hydrogens is 376 g/mol. The first-order chi connectivity index (χ1) is 13.9. The Hall–Kier alpha value is -2.83. The van der Waals surface area contributed by atoms with Crippen LogP contribution < -0.4 is 10.6 Å². The van der Waals surface area contributed by atoms with Gasteiger partial charge in [0, 0.05) is 31.0 Å². The van der Waals surface area contributed by atoms with Crippen LogP contribution in [-0.2, 0) is 11.2 Å². The van der Waals surface area contributed by atoms with Crippen LogP contribution in [0.2, 0.25) is 0 Å².